The molecule has 0 saturated carbocycles. The van der Waals surface area contributed by atoms with Crippen molar-refractivity contribution in [3.63, 3.8) is 0 Å². The van der Waals surface area contributed by atoms with E-state index in [1.807, 2.05) is 18.7 Å². The standard InChI is InChI=1S/C9H17NO2/c1-7(11)10-5-4-8(12)6-9(10,2)3/h8,12H,4-6H2,1-3H3. The molecule has 1 N–H and O–H groups in total. The monoisotopic (exact) mass is 171 g/mol. The SMILES string of the molecule is CC(=O)N1CCC(O)CC1(C)C. The van der Waals surface area contributed by atoms with Crippen LogP contribution in [0.5, 0.6) is 0 Å². The molecule has 3 nitrogen and oxygen atoms in total. The highest BCUT2D eigenvalue weighted by atomic mass is 16.3. The van der Waals surface area contributed by atoms with Gasteiger partial charge >= 0.3 is 0 Å². The Kier molecular flexibility index (Phi) is 2.42. The van der Waals surface area contributed by atoms with E-state index in [0.29, 0.717) is 19.4 Å². The summed E-state index contributed by atoms with van der Waals surface area (Å²) in [6.45, 7) is 6.26. The molecular weight excluding hydrogens is 154 g/mol. The van der Waals surface area contributed by atoms with Gasteiger partial charge < -0.3 is 10.0 Å². The van der Waals surface area contributed by atoms with Crippen LogP contribution in [0.15, 0.2) is 0 Å². The summed E-state index contributed by atoms with van der Waals surface area (Å²) >= 11 is 0. The number of piperidine rings is 1. The molecule has 3 heteroatoms. The summed E-state index contributed by atoms with van der Waals surface area (Å²) in [7, 11) is 0. The first-order valence-corrected chi connectivity index (χ1v) is 4.40. The van der Waals surface area contributed by atoms with Crippen molar-refractivity contribution in [1.82, 2.24) is 4.90 Å². The summed E-state index contributed by atoms with van der Waals surface area (Å²) in [4.78, 5) is 13.0. The van der Waals surface area contributed by atoms with Gasteiger partial charge in [-0.25, -0.2) is 0 Å². The van der Waals surface area contributed by atoms with Crippen molar-refractivity contribution in [3.05, 3.63) is 0 Å². The molecule has 0 spiro atoms. The second-order valence-corrected chi connectivity index (χ2v) is 4.13. The highest BCUT2D eigenvalue weighted by Gasteiger charge is 2.35. The number of amides is 1. The molecule has 1 fully saturated rings. The van der Waals surface area contributed by atoms with E-state index in [-0.39, 0.29) is 17.6 Å². The van der Waals surface area contributed by atoms with Crippen molar-refractivity contribution < 1.29 is 9.90 Å². The van der Waals surface area contributed by atoms with E-state index in [1.165, 1.54) is 0 Å². The van der Waals surface area contributed by atoms with Crippen LogP contribution in [0.3, 0.4) is 0 Å². The van der Waals surface area contributed by atoms with E-state index in [0.717, 1.165) is 0 Å². The molecule has 70 valence electrons. The molecule has 1 unspecified atom stereocenters. The van der Waals surface area contributed by atoms with E-state index < -0.39 is 0 Å². The highest BCUT2D eigenvalue weighted by molar-refractivity contribution is 5.74. The Bertz CT molecular complexity index is 189. The van der Waals surface area contributed by atoms with Gasteiger partial charge in [-0.05, 0) is 26.7 Å². The predicted molar refractivity (Wildman–Crippen MR) is 46.7 cm³/mol. The summed E-state index contributed by atoms with van der Waals surface area (Å²) in [5.74, 6) is 0.104. The molecule has 1 amide bonds. The first-order valence-electron chi connectivity index (χ1n) is 4.40. The van der Waals surface area contributed by atoms with Gasteiger partial charge in [0.1, 0.15) is 0 Å². The highest BCUT2D eigenvalue weighted by Crippen LogP contribution is 2.27. The fraction of sp³-hybridized carbons (Fsp3) is 0.889. The Morgan fingerprint density at radius 1 is 1.58 bits per heavy atom. The van der Waals surface area contributed by atoms with E-state index in [2.05, 4.69) is 0 Å². The normalized spacial score (nSPS) is 28.7. The van der Waals surface area contributed by atoms with Gasteiger partial charge in [-0.3, -0.25) is 4.79 Å². The van der Waals surface area contributed by atoms with Crippen LogP contribution >= 0.6 is 0 Å². The zero-order valence-corrected chi connectivity index (χ0v) is 8.00. The molecule has 1 aliphatic rings. The number of aliphatic hydroxyl groups is 1. The predicted octanol–water partition coefficient (Wildman–Crippen LogP) is 0.768. The smallest absolute Gasteiger partial charge is 0.219 e. The Hall–Kier alpha value is -0.570. The van der Waals surface area contributed by atoms with Gasteiger partial charge in [0.2, 0.25) is 5.91 Å². The Morgan fingerprint density at radius 3 is 2.58 bits per heavy atom. The maximum Gasteiger partial charge on any atom is 0.219 e. The van der Waals surface area contributed by atoms with Crippen molar-refractivity contribution in [2.24, 2.45) is 0 Å². The molecule has 0 radical (unpaired) electrons. The van der Waals surface area contributed by atoms with Gasteiger partial charge in [0, 0.05) is 19.0 Å². The van der Waals surface area contributed by atoms with Crippen LogP contribution in [-0.4, -0.2) is 34.1 Å². The Morgan fingerprint density at radius 2 is 2.17 bits per heavy atom. The molecular formula is C9H17NO2. The van der Waals surface area contributed by atoms with Crippen LogP contribution in [-0.2, 0) is 4.79 Å². The van der Waals surface area contributed by atoms with Gasteiger partial charge in [-0.15, -0.1) is 0 Å². The van der Waals surface area contributed by atoms with Crippen LogP contribution < -0.4 is 0 Å². The van der Waals surface area contributed by atoms with Crippen LogP contribution in [0.25, 0.3) is 0 Å². The quantitative estimate of drug-likeness (QED) is 0.584. The van der Waals surface area contributed by atoms with Crippen molar-refractivity contribution in [2.75, 3.05) is 6.54 Å². The number of rotatable bonds is 0. The molecule has 1 aliphatic heterocycles. The average molecular weight is 171 g/mol. The van der Waals surface area contributed by atoms with Crippen LogP contribution in [0.1, 0.15) is 33.6 Å². The summed E-state index contributed by atoms with van der Waals surface area (Å²) in [6.07, 6.45) is 1.16. The lowest BCUT2D eigenvalue weighted by Gasteiger charge is -2.43. The maximum atomic E-state index is 11.2. The van der Waals surface area contributed by atoms with Gasteiger partial charge in [0.15, 0.2) is 0 Å². The van der Waals surface area contributed by atoms with Crippen molar-refractivity contribution in [3.8, 4) is 0 Å². The minimum atomic E-state index is -0.240. The van der Waals surface area contributed by atoms with Gasteiger partial charge in [-0.2, -0.15) is 0 Å². The number of aliphatic hydroxyl groups excluding tert-OH is 1. The van der Waals surface area contributed by atoms with Crippen molar-refractivity contribution in [2.45, 2.75) is 45.3 Å². The molecule has 1 atom stereocenters. The number of carbonyl (C=O) groups excluding carboxylic acids is 1. The molecule has 0 aliphatic carbocycles. The van der Waals surface area contributed by atoms with Gasteiger partial charge in [-0.1, -0.05) is 0 Å². The molecule has 1 rings (SSSR count). The van der Waals surface area contributed by atoms with E-state index in [4.69, 9.17) is 0 Å². The summed E-state index contributed by atoms with van der Waals surface area (Å²) in [5, 5.41) is 9.41. The van der Waals surface area contributed by atoms with Crippen molar-refractivity contribution >= 4 is 5.91 Å². The fourth-order valence-electron chi connectivity index (χ4n) is 1.95. The number of hydrogen-bond donors (Lipinski definition) is 1. The van der Waals surface area contributed by atoms with E-state index >= 15 is 0 Å². The summed E-state index contributed by atoms with van der Waals surface area (Å²) < 4.78 is 0. The topological polar surface area (TPSA) is 40.5 Å². The van der Waals surface area contributed by atoms with Gasteiger partial charge in [0.05, 0.1) is 6.10 Å². The molecule has 0 bridgehead atoms. The minimum Gasteiger partial charge on any atom is -0.393 e. The third-order valence-electron chi connectivity index (χ3n) is 2.53. The lowest BCUT2D eigenvalue weighted by atomic mass is 9.88. The lowest BCUT2D eigenvalue weighted by molar-refractivity contribution is -0.138. The zero-order chi connectivity index (χ0) is 9.35. The second-order valence-electron chi connectivity index (χ2n) is 4.13. The molecule has 1 saturated heterocycles. The van der Waals surface area contributed by atoms with Crippen LogP contribution in [0, 0.1) is 0 Å². The largest absolute Gasteiger partial charge is 0.393 e. The number of carbonyl (C=O) groups is 1. The number of likely N-dealkylation sites (tertiary alicyclic amines) is 1. The molecule has 0 aromatic heterocycles. The number of hydrogen-bond acceptors (Lipinski definition) is 2. The third-order valence-corrected chi connectivity index (χ3v) is 2.53. The minimum absolute atomic E-state index is 0.104. The van der Waals surface area contributed by atoms with Crippen LogP contribution in [0.4, 0.5) is 0 Å². The summed E-state index contributed by atoms with van der Waals surface area (Å²) in [5.41, 5.74) is -0.177. The van der Waals surface area contributed by atoms with Crippen molar-refractivity contribution in [1.29, 1.82) is 0 Å². The molecule has 0 aromatic rings. The molecule has 0 aromatic carbocycles. The maximum absolute atomic E-state index is 11.2. The second kappa shape index (κ2) is 3.05. The average Bonchev–Trinajstić information content (AvgIpc) is 1.82. The molecule has 12 heavy (non-hydrogen) atoms. The van der Waals surface area contributed by atoms with Gasteiger partial charge in [0.25, 0.3) is 0 Å². The Labute approximate surface area is 73.4 Å². The first kappa shape index (κ1) is 9.52. The third kappa shape index (κ3) is 1.78. The summed E-state index contributed by atoms with van der Waals surface area (Å²) in [6, 6.07) is 0. The fourth-order valence-corrected chi connectivity index (χ4v) is 1.95. The lowest BCUT2D eigenvalue weighted by Crippen LogP contribution is -2.53. The van der Waals surface area contributed by atoms with E-state index in [1.54, 1.807) is 6.92 Å². The first-order chi connectivity index (χ1) is 5.43. The Balaban J connectivity index is 2.70. The van der Waals surface area contributed by atoms with E-state index in [9.17, 15) is 9.90 Å². The molecule has 1 heterocycles. The van der Waals surface area contributed by atoms with Crippen LogP contribution in [0.2, 0.25) is 0 Å². The zero-order valence-electron chi connectivity index (χ0n) is 8.00. The number of nitrogens with zero attached hydrogens (tertiary/aromatic N) is 1.